The van der Waals surface area contributed by atoms with Gasteiger partial charge < -0.3 is 9.88 Å². The summed E-state index contributed by atoms with van der Waals surface area (Å²) in [4.78, 5) is 23.0. The van der Waals surface area contributed by atoms with E-state index in [2.05, 4.69) is 14.9 Å². The van der Waals surface area contributed by atoms with Gasteiger partial charge in [0.15, 0.2) is 0 Å². The summed E-state index contributed by atoms with van der Waals surface area (Å²) in [5.41, 5.74) is 2.51. The molecule has 2 aliphatic rings. The summed E-state index contributed by atoms with van der Waals surface area (Å²) in [6, 6.07) is 0. The van der Waals surface area contributed by atoms with Gasteiger partial charge in [-0.3, -0.25) is 4.79 Å². The van der Waals surface area contributed by atoms with Gasteiger partial charge in [0.05, 0.1) is 18.2 Å². The summed E-state index contributed by atoms with van der Waals surface area (Å²) in [7, 11) is 0. The Morgan fingerprint density at radius 2 is 2.26 bits per heavy atom. The molecule has 1 aliphatic carbocycles. The molecule has 122 valence electrons. The molecule has 0 fully saturated rings. The number of carbonyl (C=O) groups is 1. The van der Waals surface area contributed by atoms with E-state index in [1.165, 1.54) is 29.1 Å². The first-order chi connectivity index (χ1) is 11.2. The monoisotopic (exact) mass is 330 g/mol. The molecule has 2 aromatic rings. The quantitative estimate of drug-likeness (QED) is 0.940. The van der Waals surface area contributed by atoms with Crippen molar-refractivity contribution in [2.75, 3.05) is 0 Å². The van der Waals surface area contributed by atoms with Gasteiger partial charge in [-0.15, -0.1) is 11.3 Å². The third-order valence-corrected chi connectivity index (χ3v) is 6.12. The van der Waals surface area contributed by atoms with Crippen LogP contribution in [-0.2, 0) is 37.1 Å². The predicted molar refractivity (Wildman–Crippen MR) is 89.4 cm³/mol. The number of nitrogens with zero attached hydrogens (tertiary/aromatic N) is 3. The second-order valence-electron chi connectivity index (χ2n) is 6.55. The van der Waals surface area contributed by atoms with Crippen LogP contribution in [-0.4, -0.2) is 20.4 Å². The highest BCUT2D eigenvalue weighted by Gasteiger charge is 2.26. The van der Waals surface area contributed by atoms with E-state index >= 15 is 0 Å². The third-order valence-electron chi connectivity index (χ3n) is 4.96. The molecule has 1 unspecified atom stereocenters. The Kier molecular flexibility index (Phi) is 3.93. The van der Waals surface area contributed by atoms with E-state index in [-0.39, 0.29) is 11.8 Å². The summed E-state index contributed by atoms with van der Waals surface area (Å²) in [5, 5.41) is 4.15. The molecule has 23 heavy (non-hydrogen) atoms. The average Bonchev–Trinajstić information content (AvgIpc) is 3.16. The van der Waals surface area contributed by atoms with Gasteiger partial charge in [0.2, 0.25) is 5.91 Å². The molecule has 1 amide bonds. The minimum absolute atomic E-state index is 0.0463. The lowest BCUT2D eigenvalue weighted by molar-refractivity contribution is -0.126. The van der Waals surface area contributed by atoms with Crippen LogP contribution >= 0.6 is 11.3 Å². The van der Waals surface area contributed by atoms with Gasteiger partial charge in [0.1, 0.15) is 10.8 Å². The molecule has 0 spiro atoms. The first kappa shape index (κ1) is 14.9. The maximum absolute atomic E-state index is 12.5. The van der Waals surface area contributed by atoms with Crippen LogP contribution in [0, 0.1) is 12.8 Å². The topological polar surface area (TPSA) is 59.8 Å². The number of carbonyl (C=O) groups excluding carboxylic acids is 1. The molecule has 0 bridgehead atoms. The van der Waals surface area contributed by atoms with Crippen molar-refractivity contribution in [3.63, 3.8) is 0 Å². The van der Waals surface area contributed by atoms with E-state index in [0.717, 1.165) is 43.1 Å². The Bertz CT molecular complexity index is 710. The lowest BCUT2D eigenvalue weighted by Gasteiger charge is -2.24. The molecule has 0 saturated heterocycles. The number of aryl methyl sites for hydroxylation is 4. The van der Waals surface area contributed by atoms with Crippen LogP contribution < -0.4 is 5.32 Å². The maximum Gasteiger partial charge on any atom is 0.225 e. The van der Waals surface area contributed by atoms with E-state index in [9.17, 15) is 4.79 Å². The van der Waals surface area contributed by atoms with Gasteiger partial charge in [-0.25, -0.2) is 9.97 Å². The van der Waals surface area contributed by atoms with E-state index in [0.29, 0.717) is 6.54 Å². The Balaban J connectivity index is 1.37. The predicted octanol–water partition coefficient (Wildman–Crippen LogP) is 2.41. The molecule has 1 N–H and O–H groups in total. The first-order valence-electron chi connectivity index (χ1n) is 8.47. The van der Waals surface area contributed by atoms with Crippen molar-refractivity contribution >= 4 is 17.2 Å². The molecule has 6 heteroatoms. The number of imidazole rings is 1. The molecular weight excluding hydrogens is 308 g/mol. The van der Waals surface area contributed by atoms with E-state index in [1.807, 2.05) is 13.1 Å². The van der Waals surface area contributed by atoms with Gasteiger partial charge >= 0.3 is 0 Å². The standard InChI is InChI=1S/C17H22N4OS/c1-11-18-8-13-7-6-12(10-21(11)13)17(22)19-9-16-20-14-4-2-3-5-15(14)23-16/h8,12H,2-7,9-10H2,1H3,(H,19,22). The summed E-state index contributed by atoms with van der Waals surface area (Å²) < 4.78 is 2.18. The zero-order chi connectivity index (χ0) is 15.8. The van der Waals surface area contributed by atoms with Crippen molar-refractivity contribution in [2.45, 2.75) is 58.5 Å². The van der Waals surface area contributed by atoms with Crippen molar-refractivity contribution in [2.24, 2.45) is 5.92 Å². The molecule has 1 aliphatic heterocycles. The number of fused-ring (bicyclic) bond motifs is 2. The van der Waals surface area contributed by atoms with Crippen molar-refractivity contribution in [1.82, 2.24) is 19.9 Å². The van der Waals surface area contributed by atoms with E-state index in [1.54, 1.807) is 11.3 Å². The zero-order valence-electron chi connectivity index (χ0n) is 13.5. The Labute approximate surface area is 140 Å². The lowest BCUT2D eigenvalue weighted by Crippen LogP contribution is -2.35. The highest BCUT2D eigenvalue weighted by molar-refractivity contribution is 7.11. The molecule has 0 radical (unpaired) electrons. The Hall–Kier alpha value is -1.69. The fourth-order valence-corrected chi connectivity index (χ4v) is 4.70. The zero-order valence-corrected chi connectivity index (χ0v) is 14.3. The number of hydrogen-bond donors (Lipinski definition) is 1. The smallest absolute Gasteiger partial charge is 0.225 e. The second kappa shape index (κ2) is 6.07. The van der Waals surface area contributed by atoms with Crippen LogP contribution in [0.1, 0.15) is 46.4 Å². The molecule has 1 atom stereocenters. The van der Waals surface area contributed by atoms with Crippen LogP contribution in [0.25, 0.3) is 0 Å². The number of aromatic nitrogens is 3. The van der Waals surface area contributed by atoms with Crippen LogP contribution in [0.3, 0.4) is 0 Å². The molecule has 4 rings (SSSR count). The number of thiazole rings is 1. The molecule has 2 aromatic heterocycles. The SMILES string of the molecule is Cc1ncc2n1CC(C(=O)NCc1nc3c(s1)CCCC3)CC2. The summed E-state index contributed by atoms with van der Waals surface area (Å²) in [5.74, 6) is 1.20. The van der Waals surface area contributed by atoms with Crippen molar-refractivity contribution in [3.05, 3.63) is 33.3 Å². The number of nitrogens with one attached hydrogen (secondary N) is 1. The van der Waals surface area contributed by atoms with Crippen LogP contribution in [0.5, 0.6) is 0 Å². The van der Waals surface area contributed by atoms with Gasteiger partial charge in [-0.05, 0) is 45.4 Å². The second-order valence-corrected chi connectivity index (χ2v) is 7.71. The van der Waals surface area contributed by atoms with Crippen molar-refractivity contribution < 1.29 is 4.79 Å². The van der Waals surface area contributed by atoms with E-state index in [4.69, 9.17) is 4.98 Å². The summed E-state index contributed by atoms with van der Waals surface area (Å²) in [6.07, 6.45) is 8.56. The maximum atomic E-state index is 12.5. The van der Waals surface area contributed by atoms with Gasteiger partial charge in [-0.1, -0.05) is 0 Å². The Morgan fingerprint density at radius 3 is 3.13 bits per heavy atom. The van der Waals surface area contributed by atoms with Gasteiger partial charge in [0, 0.05) is 23.3 Å². The normalized spacial score (nSPS) is 20.0. The largest absolute Gasteiger partial charge is 0.349 e. The van der Waals surface area contributed by atoms with Gasteiger partial charge in [-0.2, -0.15) is 0 Å². The number of hydrogen-bond acceptors (Lipinski definition) is 4. The third kappa shape index (κ3) is 2.92. The molecular formula is C17H22N4OS. The minimum atomic E-state index is 0.0463. The first-order valence-corrected chi connectivity index (χ1v) is 9.28. The molecule has 0 saturated carbocycles. The molecule has 0 aromatic carbocycles. The van der Waals surface area contributed by atoms with Crippen LogP contribution in [0.15, 0.2) is 6.20 Å². The van der Waals surface area contributed by atoms with Crippen molar-refractivity contribution in [3.8, 4) is 0 Å². The highest BCUT2D eigenvalue weighted by atomic mass is 32.1. The fourth-order valence-electron chi connectivity index (χ4n) is 3.60. The fraction of sp³-hybridized carbons (Fsp3) is 0.588. The highest BCUT2D eigenvalue weighted by Crippen LogP contribution is 2.27. The van der Waals surface area contributed by atoms with Gasteiger partial charge in [0.25, 0.3) is 0 Å². The molecule has 3 heterocycles. The number of rotatable bonds is 3. The summed E-state index contributed by atoms with van der Waals surface area (Å²) in [6.45, 7) is 3.33. The summed E-state index contributed by atoms with van der Waals surface area (Å²) >= 11 is 1.78. The molecule has 5 nitrogen and oxygen atoms in total. The van der Waals surface area contributed by atoms with Crippen LogP contribution in [0.4, 0.5) is 0 Å². The Morgan fingerprint density at radius 1 is 1.39 bits per heavy atom. The average molecular weight is 330 g/mol. The minimum Gasteiger partial charge on any atom is -0.349 e. The van der Waals surface area contributed by atoms with Crippen LogP contribution in [0.2, 0.25) is 0 Å². The van der Waals surface area contributed by atoms with E-state index < -0.39 is 0 Å². The lowest BCUT2D eigenvalue weighted by atomic mass is 9.97. The number of amides is 1. The van der Waals surface area contributed by atoms with Crippen molar-refractivity contribution in [1.29, 1.82) is 0 Å².